The molecule has 152 valence electrons. The first kappa shape index (κ1) is 18.3. The molecule has 5 aromatic rings. The molecule has 4 nitrogen and oxygen atoms in total. The molecule has 0 saturated carbocycles. The van der Waals surface area contributed by atoms with Crippen molar-refractivity contribution >= 4 is 54.9 Å². The van der Waals surface area contributed by atoms with Crippen LogP contribution >= 0.6 is 0 Å². The maximum Gasteiger partial charge on any atom is 0.261 e. The van der Waals surface area contributed by atoms with E-state index in [9.17, 15) is 9.59 Å². The van der Waals surface area contributed by atoms with Crippen LogP contribution in [0.2, 0.25) is 0 Å². The van der Waals surface area contributed by atoms with Crippen LogP contribution in [-0.4, -0.2) is 35.0 Å². The van der Waals surface area contributed by atoms with Gasteiger partial charge >= 0.3 is 0 Å². The minimum absolute atomic E-state index is 0.129. The quantitative estimate of drug-likeness (QED) is 0.181. The van der Waals surface area contributed by atoms with Gasteiger partial charge in [0.1, 0.15) is 0 Å². The van der Waals surface area contributed by atoms with Crippen molar-refractivity contribution in [2.75, 3.05) is 13.2 Å². The van der Waals surface area contributed by atoms with Crippen LogP contribution < -0.4 is 0 Å². The standard InChI is InChI=1S/C27H21NO3/c29-15-3-1-2-14-28-26(30)21-12-10-19-17-8-4-6-16-7-5-9-18(23(16)17)20-11-13-22(27(28)31)25(21)24(19)20/h4-13,29H,1-3,14-15H2. The summed E-state index contributed by atoms with van der Waals surface area (Å²) in [6.07, 6.45) is 2.16. The third kappa shape index (κ3) is 2.45. The van der Waals surface area contributed by atoms with Gasteiger partial charge in [-0.25, -0.2) is 0 Å². The van der Waals surface area contributed by atoms with E-state index >= 15 is 0 Å². The van der Waals surface area contributed by atoms with Crippen molar-refractivity contribution in [2.24, 2.45) is 0 Å². The molecule has 0 aliphatic carbocycles. The second-order valence-corrected chi connectivity index (χ2v) is 8.33. The highest BCUT2D eigenvalue weighted by atomic mass is 16.3. The summed E-state index contributed by atoms with van der Waals surface area (Å²) in [6, 6.07) is 20.5. The van der Waals surface area contributed by atoms with Gasteiger partial charge in [-0.15, -0.1) is 0 Å². The molecule has 6 rings (SSSR count). The van der Waals surface area contributed by atoms with Crippen LogP contribution in [0.5, 0.6) is 0 Å². The molecule has 0 fully saturated rings. The summed E-state index contributed by atoms with van der Waals surface area (Å²) in [7, 11) is 0. The van der Waals surface area contributed by atoms with Crippen molar-refractivity contribution in [1.82, 2.24) is 4.90 Å². The molecule has 0 atom stereocenters. The molecule has 1 aliphatic rings. The maximum absolute atomic E-state index is 13.3. The predicted octanol–water partition coefficient (Wildman–Crippen LogP) is 5.50. The van der Waals surface area contributed by atoms with E-state index < -0.39 is 0 Å². The van der Waals surface area contributed by atoms with Crippen molar-refractivity contribution in [3.8, 4) is 0 Å². The van der Waals surface area contributed by atoms with E-state index in [1.807, 2.05) is 24.3 Å². The Morgan fingerprint density at radius 1 is 0.613 bits per heavy atom. The van der Waals surface area contributed by atoms with Gasteiger partial charge in [-0.2, -0.15) is 0 Å². The zero-order valence-electron chi connectivity index (χ0n) is 17.0. The molecule has 2 amide bonds. The highest BCUT2D eigenvalue weighted by Crippen LogP contribution is 2.43. The van der Waals surface area contributed by atoms with Crippen molar-refractivity contribution in [3.05, 3.63) is 71.8 Å². The number of fused-ring (bicyclic) bond motifs is 2. The van der Waals surface area contributed by atoms with Gasteiger partial charge in [0.25, 0.3) is 11.8 Å². The molecular formula is C27H21NO3. The number of rotatable bonds is 5. The molecule has 1 aliphatic heterocycles. The van der Waals surface area contributed by atoms with Gasteiger partial charge in [-0.1, -0.05) is 48.5 Å². The first-order chi connectivity index (χ1) is 15.2. The summed E-state index contributed by atoms with van der Waals surface area (Å²) >= 11 is 0. The molecule has 1 heterocycles. The summed E-state index contributed by atoms with van der Waals surface area (Å²) in [5.41, 5.74) is 1.20. The second-order valence-electron chi connectivity index (χ2n) is 8.33. The molecular weight excluding hydrogens is 386 g/mol. The predicted molar refractivity (Wildman–Crippen MR) is 124 cm³/mol. The SMILES string of the molecule is O=C1c2ccc3c4cccc5cccc(c6ccc(c2c36)C(=O)N1CCCCCO)c54. The summed E-state index contributed by atoms with van der Waals surface area (Å²) in [6.45, 7) is 0.508. The molecule has 5 aromatic carbocycles. The Bertz CT molecular complexity index is 1420. The Kier molecular flexibility index (Phi) is 3.99. The molecule has 0 aromatic heterocycles. The third-order valence-corrected chi connectivity index (χ3v) is 6.64. The third-order valence-electron chi connectivity index (χ3n) is 6.64. The number of imide groups is 1. The van der Waals surface area contributed by atoms with Gasteiger partial charge in [0.05, 0.1) is 0 Å². The van der Waals surface area contributed by atoms with Gasteiger partial charge in [0.15, 0.2) is 0 Å². The van der Waals surface area contributed by atoms with E-state index in [2.05, 4.69) is 36.4 Å². The van der Waals surface area contributed by atoms with Gasteiger partial charge in [-0.3, -0.25) is 14.5 Å². The van der Waals surface area contributed by atoms with Crippen molar-refractivity contribution in [2.45, 2.75) is 19.3 Å². The fourth-order valence-corrected chi connectivity index (χ4v) is 5.24. The summed E-state index contributed by atoms with van der Waals surface area (Å²) < 4.78 is 0. The number of aliphatic hydroxyl groups is 1. The maximum atomic E-state index is 13.3. The van der Waals surface area contributed by atoms with Crippen molar-refractivity contribution in [3.63, 3.8) is 0 Å². The van der Waals surface area contributed by atoms with Crippen molar-refractivity contribution in [1.29, 1.82) is 0 Å². The number of carbonyl (C=O) groups excluding carboxylic acids is 2. The van der Waals surface area contributed by atoms with Crippen molar-refractivity contribution < 1.29 is 14.7 Å². The van der Waals surface area contributed by atoms with Crippen LogP contribution in [0.15, 0.2) is 60.7 Å². The van der Waals surface area contributed by atoms with E-state index in [1.165, 1.54) is 15.7 Å². The number of aliphatic hydroxyl groups excluding tert-OH is 1. The molecule has 4 heteroatoms. The zero-order valence-corrected chi connectivity index (χ0v) is 17.0. The van der Waals surface area contributed by atoms with Crippen LogP contribution in [-0.2, 0) is 0 Å². The zero-order chi connectivity index (χ0) is 21.1. The Labute approximate surface area is 179 Å². The number of hydrogen-bond donors (Lipinski definition) is 1. The number of nitrogens with zero attached hydrogens (tertiary/aromatic N) is 1. The monoisotopic (exact) mass is 407 g/mol. The second kappa shape index (κ2) is 6.76. The fraction of sp³-hybridized carbons (Fsp3) is 0.185. The lowest BCUT2D eigenvalue weighted by Crippen LogP contribution is -2.40. The summed E-state index contributed by atoms with van der Waals surface area (Å²) in [5.74, 6) is -0.440. The largest absolute Gasteiger partial charge is 0.396 e. The summed E-state index contributed by atoms with van der Waals surface area (Å²) in [4.78, 5) is 28.0. The number of unbranched alkanes of at least 4 members (excludes halogenated alkanes) is 2. The Balaban J connectivity index is 1.63. The minimum atomic E-state index is -0.220. The van der Waals surface area contributed by atoms with Crippen LogP contribution in [0.4, 0.5) is 0 Å². The average Bonchev–Trinajstić information content (AvgIpc) is 2.80. The molecule has 31 heavy (non-hydrogen) atoms. The topological polar surface area (TPSA) is 57.6 Å². The van der Waals surface area contributed by atoms with E-state index in [-0.39, 0.29) is 18.4 Å². The molecule has 0 saturated heterocycles. The van der Waals surface area contributed by atoms with E-state index in [4.69, 9.17) is 5.11 Å². The highest BCUT2D eigenvalue weighted by Gasteiger charge is 2.33. The smallest absolute Gasteiger partial charge is 0.261 e. The first-order valence-corrected chi connectivity index (χ1v) is 10.8. The number of hydrogen-bond acceptors (Lipinski definition) is 3. The van der Waals surface area contributed by atoms with Crippen LogP contribution in [0.25, 0.3) is 43.1 Å². The normalized spacial score (nSPS) is 14.0. The molecule has 0 radical (unpaired) electrons. The van der Waals surface area contributed by atoms with Crippen LogP contribution in [0.3, 0.4) is 0 Å². The fourth-order valence-electron chi connectivity index (χ4n) is 5.24. The molecule has 0 unspecified atom stereocenters. The van der Waals surface area contributed by atoms with Crippen LogP contribution in [0.1, 0.15) is 40.0 Å². The average molecular weight is 407 g/mol. The molecule has 1 N–H and O–H groups in total. The number of benzene rings is 5. The Hall–Kier alpha value is -3.50. The van der Waals surface area contributed by atoms with E-state index in [0.717, 1.165) is 38.7 Å². The van der Waals surface area contributed by atoms with Gasteiger partial charge < -0.3 is 5.11 Å². The summed E-state index contributed by atoms with van der Waals surface area (Å²) in [5, 5.41) is 17.6. The Morgan fingerprint density at radius 2 is 1.19 bits per heavy atom. The van der Waals surface area contributed by atoms with E-state index in [1.54, 1.807) is 0 Å². The lowest BCUT2D eigenvalue weighted by atomic mass is 9.85. The lowest BCUT2D eigenvalue weighted by Gasteiger charge is -2.28. The lowest BCUT2D eigenvalue weighted by molar-refractivity contribution is 0.0607. The highest BCUT2D eigenvalue weighted by molar-refractivity contribution is 6.38. The van der Waals surface area contributed by atoms with Gasteiger partial charge in [-0.05, 0) is 69.1 Å². The Morgan fingerprint density at radius 3 is 1.77 bits per heavy atom. The van der Waals surface area contributed by atoms with Gasteiger partial charge in [0, 0.05) is 29.7 Å². The van der Waals surface area contributed by atoms with Gasteiger partial charge in [0.2, 0.25) is 0 Å². The molecule has 0 spiro atoms. The number of amides is 2. The molecule has 0 bridgehead atoms. The first-order valence-electron chi connectivity index (χ1n) is 10.8. The van der Waals surface area contributed by atoms with E-state index in [0.29, 0.717) is 30.5 Å². The van der Waals surface area contributed by atoms with Crippen LogP contribution in [0, 0.1) is 0 Å². The number of carbonyl (C=O) groups is 2. The minimum Gasteiger partial charge on any atom is -0.396 e.